The summed E-state index contributed by atoms with van der Waals surface area (Å²) in [7, 11) is 0. The lowest BCUT2D eigenvalue weighted by Gasteiger charge is -2.42. The Morgan fingerprint density at radius 1 is 1.36 bits per heavy atom. The molecule has 0 unspecified atom stereocenters. The molecule has 6 heteroatoms. The predicted octanol–water partition coefficient (Wildman–Crippen LogP) is 3.58. The maximum atomic E-state index is 12.8. The molecule has 0 aromatic carbocycles. The van der Waals surface area contributed by atoms with Crippen molar-refractivity contribution in [1.82, 2.24) is 4.90 Å². The molecule has 0 radical (unpaired) electrons. The average molecular weight is 368 g/mol. The molecule has 1 spiro atoms. The van der Waals surface area contributed by atoms with E-state index in [4.69, 9.17) is 14.2 Å². The van der Waals surface area contributed by atoms with Crippen molar-refractivity contribution in [3.05, 3.63) is 16.3 Å². The van der Waals surface area contributed by atoms with Gasteiger partial charge in [0.05, 0.1) is 12.2 Å². The number of piperidine rings is 1. The summed E-state index contributed by atoms with van der Waals surface area (Å²) in [6, 6.07) is 1.89. The standard InChI is InChI=1S/C19H29NO4S/c1-3-22-12-5-15-6-13-24-19(15)8-10-20(11-9-19)18(21)17-16(23-4-2)7-14-25-17/h7,14-15H,3-6,8-13H2,1-2H3/t15-/m0/s1. The molecule has 5 nitrogen and oxygen atoms in total. The number of amides is 1. The van der Waals surface area contributed by atoms with Crippen LogP contribution in [0.15, 0.2) is 11.4 Å². The highest BCUT2D eigenvalue weighted by Gasteiger charge is 2.46. The summed E-state index contributed by atoms with van der Waals surface area (Å²) in [6.07, 6.45) is 4.01. The molecule has 0 bridgehead atoms. The van der Waals surface area contributed by atoms with E-state index >= 15 is 0 Å². The van der Waals surface area contributed by atoms with E-state index in [9.17, 15) is 4.79 Å². The number of rotatable bonds is 7. The number of carbonyl (C=O) groups is 1. The summed E-state index contributed by atoms with van der Waals surface area (Å²) < 4.78 is 17.3. The van der Waals surface area contributed by atoms with Gasteiger partial charge < -0.3 is 19.1 Å². The third-order valence-electron chi connectivity index (χ3n) is 5.43. The smallest absolute Gasteiger partial charge is 0.267 e. The highest BCUT2D eigenvalue weighted by Crippen LogP contribution is 2.42. The van der Waals surface area contributed by atoms with Gasteiger partial charge in [-0.1, -0.05) is 0 Å². The second-order valence-electron chi connectivity index (χ2n) is 6.72. The number of hydrogen-bond acceptors (Lipinski definition) is 5. The van der Waals surface area contributed by atoms with Crippen LogP contribution >= 0.6 is 11.3 Å². The van der Waals surface area contributed by atoms with E-state index in [1.54, 1.807) is 0 Å². The minimum atomic E-state index is -0.0495. The predicted molar refractivity (Wildman–Crippen MR) is 98.5 cm³/mol. The molecule has 3 heterocycles. The summed E-state index contributed by atoms with van der Waals surface area (Å²) in [5.41, 5.74) is -0.0495. The van der Waals surface area contributed by atoms with Crippen LogP contribution < -0.4 is 4.74 Å². The lowest BCUT2D eigenvalue weighted by Crippen LogP contribution is -2.49. The van der Waals surface area contributed by atoms with Crippen LogP contribution in [-0.2, 0) is 9.47 Å². The molecule has 3 rings (SSSR count). The van der Waals surface area contributed by atoms with Gasteiger partial charge >= 0.3 is 0 Å². The van der Waals surface area contributed by atoms with E-state index < -0.39 is 0 Å². The second-order valence-corrected chi connectivity index (χ2v) is 7.64. The Morgan fingerprint density at radius 2 is 2.16 bits per heavy atom. The first kappa shape index (κ1) is 18.7. The van der Waals surface area contributed by atoms with E-state index in [0.717, 1.165) is 63.5 Å². The molecular weight excluding hydrogens is 338 g/mol. The largest absolute Gasteiger partial charge is 0.492 e. The van der Waals surface area contributed by atoms with Crippen molar-refractivity contribution in [2.24, 2.45) is 5.92 Å². The summed E-state index contributed by atoms with van der Waals surface area (Å²) in [6.45, 7) is 8.48. The van der Waals surface area contributed by atoms with Gasteiger partial charge in [0.2, 0.25) is 0 Å². The van der Waals surface area contributed by atoms with Crippen LogP contribution in [0.5, 0.6) is 5.75 Å². The number of hydrogen-bond donors (Lipinski definition) is 0. The van der Waals surface area contributed by atoms with Crippen LogP contribution in [0.1, 0.15) is 49.2 Å². The van der Waals surface area contributed by atoms with Gasteiger partial charge in [-0.05, 0) is 56.9 Å². The van der Waals surface area contributed by atoms with Crippen molar-refractivity contribution >= 4 is 17.2 Å². The molecule has 140 valence electrons. The van der Waals surface area contributed by atoms with Crippen molar-refractivity contribution in [3.8, 4) is 5.75 Å². The number of thiophene rings is 1. The molecule has 1 amide bonds. The van der Waals surface area contributed by atoms with Gasteiger partial charge in [-0.15, -0.1) is 11.3 Å². The minimum Gasteiger partial charge on any atom is -0.492 e. The van der Waals surface area contributed by atoms with E-state index in [-0.39, 0.29) is 11.5 Å². The lowest BCUT2D eigenvalue weighted by atomic mass is 9.78. The molecule has 2 aliphatic rings. The summed E-state index contributed by atoms with van der Waals surface area (Å²) in [5.74, 6) is 1.36. The molecule has 2 aliphatic heterocycles. The first-order valence-corrected chi connectivity index (χ1v) is 10.3. The number of nitrogens with zero attached hydrogens (tertiary/aromatic N) is 1. The zero-order chi connectivity index (χ0) is 17.7. The van der Waals surface area contributed by atoms with Gasteiger partial charge in [0.25, 0.3) is 5.91 Å². The van der Waals surface area contributed by atoms with Gasteiger partial charge in [-0.25, -0.2) is 0 Å². The molecule has 0 aliphatic carbocycles. The quantitative estimate of drug-likeness (QED) is 0.691. The van der Waals surface area contributed by atoms with Crippen LogP contribution in [0.2, 0.25) is 0 Å². The van der Waals surface area contributed by atoms with E-state index in [0.29, 0.717) is 18.3 Å². The maximum absolute atomic E-state index is 12.8. The van der Waals surface area contributed by atoms with Gasteiger partial charge in [-0.2, -0.15) is 0 Å². The van der Waals surface area contributed by atoms with Crippen molar-refractivity contribution in [2.75, 3.05) is 39.5 Å². The molecular formula is C19H29NO4S. The van der Waals surface area contributed by atoms with Crippen LogP contribution in [0, 0.1) is 5.92 Å². The van der Waals surface area contributed by atoms with Gasteiger partial charge in [0, 0.05) is 32.9 Å². The Hall–Kier alpha value is -1.11. The third-order valence-corrected chi connectivity index (χ3v) is 6.32. The molecule has 1 aromatic heterocycles. The van der Waals surface area contributed by atoms with E-state index in [1.165, 1.54) is 11.3 Å². The molecule has 1 atom stereocenters. The minimum absolute atomic E-state index is 0.0495. The summed E-state index contributed by atoms with van der Waals surface area (Å²) in [5, 5.41) is 1.92. The Labute approximate surface area is 154 Å². The highest BCUT2D eigenvalue weighted by molar-refractivity contribution is 7.12. The monoisotopic (exact) mass is 367 g/mol. The van der Waals surface area contributed by atoms with Gasteiger partial charge in [0.15, 0.2) is 0 Å². The average Bonchev–Trinajstić information content (AvgIpc) is 3.24. The Kier molecular flexibility index (Phi) is 6.36. The van der Waals surface area contributed by atoms with Crippen LogP contribution in [-0.4, -0.2) is 55.9 Å². The van der Waals surface area contributed by atoms with Gasteiger partial charge in [-0.3, -0.25) is 4.79 Å². The van der Waals surface area contributed by atoms with Crippen molar-refractivity contribution in [2.45, 2.75) is 45.1 Å². The van der Waals surface area contributed by atoms with Crippen molar-refractivity contribution in [3.63, 3.8) is 0 Å². The summed E-state index contributed by atoms with van der Waals surface area (Å²) in [4.78, 5) is 15.5. The molecule has 0 N–H and O–H groups in total. The third kappa shape index (κ3) is 4.01. The zero-order valence-corrected chi connectivity index (χ0v) is 16.1. The Balaban J connectivity index is 1.59. The van der Waals surface area contributed by atoms with Crippen LogP contribution in [0.3, 0.4) is 0 Å². The molecule has 1 aromatic rings. The number of carbonyl (C=O) groups excluding carboxylic acids is 1. The first-order valence-electron chi connectivity index (χ1n) is 9.41. The fourth-order valence-corrected chi connectivity index (χ4v) is 4.87. The molecule has 2 fully saturated rings. The molecule has 2 saturated heterocycles. The summed E-state index contributed by atoms with van der Waals surface area (Å²) >= 11 is 1.47. The van der Waals surface area contributed by atoms with Crippen LogP contribution in [0.4, 0.5) is 0 Å². The second kappa shape index (κ2) is 8.52. The van der Waals surface area contributed by atoms with Crippen molar-refractivity contribution in [1.29, 1.82) is 0 Å². The molecule has 0 saturated carbocycles. The van der Waals surface area contributed by atoms with Gasteiger partial charge in [0.1, 0.15) is 10.6 Å². The Morgan fingerprint density at radius 3 is 2.88 bits per heavy atom. The fraction of sp³-hybridized carbons (Fsp3) is 0.737. The maximum Gasteiger partial charge on any atom is 0.267 e. The first-order chi connectivity index (χ1) is 12.2. The Bertz CT molecular complexity index is 566. The zero-order valence-electron chi connectivity index (χ0n) is 15.3. The molecule has 25 heavy (non-hydrogen) atoms. The highest BCUT2D eigenvalue weighted by atomic mass is 32.1. The van der Waals surface area contributed by atoms with E-state index in [1.807, 2.05) is 30.2 Å². The van der Waals surface area contributed by atoms with Crippen LogP contribution in [0.25, 0.3) is 0 Å². The fourth-order valence-electron chi connectivity index (χ4n) is 4.07. The van der Waals surface area contributed by atoms with Crippen molar-refractivity contribution < 1.29 is 19.0 Å². The number of ether oxygens (including phenoxy) is 3. The normalized spacial score (nSPS) is 22.5. The topological polar surface area (TPSA) is 48.0 Å². The SMILES string of the molecule is CCOCC[C@H]1CCOC12CCN(C(=O)c1sccc1OCC)CC2. The van der Waals surface area contributed by atoms with E-state index in [2.05, 4.69) is 0 Å². The lowest BCUT2D eigenvalue weighted by molar-refractivity contribution is -0.0668. The number of likely N-dealkylation sites (tertiary alicyclic amines) is 1.